The minimum atomic E-state index is -1.37. The van der Waals surface area contributed by atoms with E-state index in [0.717, 1.165) is 0 Å². The Morgan fingerprint density at radius 2 is 1.83 bits per heavy atom. The van der Waals surface area contributed by atoms with Gasteiger partial charge >= 0.3 is 12.0 Å². The van der Waals surface area contributed by atoms with Crippen LogP contribution in [-0.4, -0.2) is 54.4 Å². The first-order valence-corrected chi connectivity index (χ1v) is 5.34. The fraction of sp³-hybridized carbons (Fsp3) is 0.700. The Balaban J connectivity index is 4.26. The molecular weight excluding hydrogens is 242 g/mol. The fourth-order valence-corrected chi connectivity index (χ4v) is 1.11. The summed E-state index contributed by atoms with van der Waals surface area (Å²) in [5, 5.41) is 24.2. The van der Waals surface area contributed by atoms with Crippen molar-refractivity contribution in [3.8, 4) is 0 Å². The van der Waals surface area contributed by atoms with Crippen molar-refractivity contribution in [1.82, 2.24) is 16.0 Å². The predicted molar refractivity (Wildman–Crippen MR) is 62.9 cm³/mol. The topological polar surface area (TPSA) is 128 Å². The zero-order chi connectivity index (χ0) is 14.3. The van der Waals surface area contributed by atoms with Gasteiger partial charge in [0.15, 0.2) is 6.04 Å². The monoisotopic (exact) mass is 261 g/mol. The highest BCUT2D eigenvalue weighted by Crippen LogP contribution is 2.12. The molecule has 0 aliphatic heterocycles. The first kappa shape index (κ1) is 16.2. The van der Waals surface area contributed by atoms with Gasteiger partial charge in [-0.05, 0) is 13.8 Å². The molecule has 1 atom stereocenters. The Morgan fingerprint density at radius 3 is 2.22 bits per heavy atom. The highest BCUT2D eigenvalue weighted by molar-refractivity contribution is 5.84. The van der Waals surface area contributed by atoms with Crippen LogP contribution < -0.4 is 16.0 Å². The molecule has 0 aromatic heterocycles. The van der Waals surface area contributed by atoms with Gasteiger partial charge in [0.05, 0.1) is 12.0 Å². The lowest BCUT2D eigenvalue weighted by molar-refractivity contribution is -0.140. The Kier molecular flexibility index (Phi) is 6.11. The molecule has 18 heavy (non-hydrogen) atoms. The number of nitrogens with one attached hydrogen (secondary N) is 3. The molecule has 0 unspecified atom stereocenters. The summed E-state index contributed by atoms with van der Waals surface area (Å²) in [4.78, 5) is 33.3. The van der Waals surface area contributed by atoms with Crippen LogP contribution in [0.25, 0.3) is 0 Å². The van der Waals surface area contributed by atoms with E-state index < -0.39 is 30.1 Å². The lowest BCUT2D eigenvalue weighted by Crippen LogP contribution is -2.51. The SMILES string of the molecule is CNC(=O)C(C)(C)CNC(=O)N[C@H](CO)C(=O)O. The van der Waals surface area contributed by atoms with Crippen LogP contribution in [0.2, 0.25) is 0 Å². The van der Waals surface area contributed by atoms with Gasteiger partial charge in [-0.25, -0.2) is 9.59 Å². The van der Waals surface area contributed by atoms with E-state index in [9.17, 15) is 14.4 Å². The molecule has 5 N–H and O–H groups in total. The Hall–Kier alpha value is -1.83. The van der Waals surface area contributed by atoms with E-state index in [1.807, 2.05) is 0 Å². The average molecular weight is 261 g/mol. The van der Waals surface area contributed by atoms with Gasteiger partial charge in [0, 0.05) is 13.6 Å². The van der Waals surface area contributed by atoms with Gasteiger partial charge < -0.3 is 26.2 Å². The average Bonchev–Trinajstić information content (AvgIpc) is 2.31. The number of aliphatic hydroxyl groups is 1. The maximum atomic E-state index is 11.4. The summed E-state index contributed by atoms with van der Waals surface area (Å²) in [6.45, 7) is 2.59. The quantitative estimate of drug-likeness (QED) is 0.398. The number of aliphatic carboxylic acids is 1. The first-order valence-electron chi connectivity index (χ1n) is 5.34. The van der Waals surface area contributed by atoms with Crippen molar-refractivity contribution in [3.05, 3.63) is 0 Å². The van der Waals surface area contributed by atoms with Gasteiger partial charge in [0.1, 0.15) is 0 Å². The van der Waals surface area contributed by atoms with Crippen molar-refractivity contribution in [2.24, 2.45) is 5.41 Å². The van der Waals surface area contributed by atoms with Gasteiger partial charge in [0.25, 0.3) is 0 Å². The number of carboxylic acids is 1. The maximum absolute atomic E-state index is 11.4. The molecule has 0 saturated carbocycles. The molecule has 8 nitrogen and oxygen atoms in total. The van der Waals surface area contributed by atoms with Gasteiger partial charge in [-0.1, -0.05) is 0 Å². The second-order valence-electron chi connectivity index (χ2n) is 4.36. The number of urea groups is 1. The zero-order valence-electron chi connectivity index (χ0n) is 10.6. The van der Waals surface area contributed by atoms with Crippen LogP contribution in [0.1, 0.15) is 13.8 Å². The summed E-state index contributed by atoms with van der Waals surface area (Å²) >= 11 is 0. The fourth-order valence-electron chi connectivity index (χ4n) is 1.11. The molecule has 0 aromatic rings. The molecule has 104 valence electrons. The highest BCUT2D eigenvalue weighted by atomic mass is 16.4. The third-order valence-corrected chi connectivity index (χ3v) is 2.32. The van der Waals surface area contributed by atoms with Crippen LogP contribution in [0.3, 0.4) is 0 Å². The second kappa shape index (κ2) is 6.80. The van der Waals surface area contributed by atoms with Gasteiger partial charge in [0.2, 0.25) is 5.91 Å². The van der Waals surface area contributed by atoms with Crippen molar-refractivity contribution in [2.75, 3.05) is 20.2 Å². The van der Waals surface area contributed by atoms with Gasteiger partial charge in [-0.2, -0.15) is 0 Å². The number of hydrogen-bond donors (Lipinski definition) is 5. The molecule has 0 rings (SSSR count). The zero-order valence-corrected chi connectivity index (χ0v) is 10.6. The molecule has 0 aliphatic rings. The molecule has 8 heteroatoms. The number of carboxylic acid groups (broad SMARTS) is 1. The van der Waals surface area contributed by atoms with Crippen molar-refractivity contribution < 1.29 is 24.6 Å². The first-order chi connectivity index (χ1) is 8.24. The summed E-state index contributed by atoms with van der Waals surface area (Å²) < 4.78 is 0. The van der Waals surface area contributed by atoms with E-state index in [4.69, 9.17) is 10.2 Å². The smallest absolute Gasteiger partial charge is 0.328 e. The van der Waals surface area contributed by atoms with Crippen LogP contribution in [0.5, 0.6) is 0 Å². The van der Waals surface area contributed by atoms with Crippen LogP contribution >= 0.6 is 0 Å². The lowest BCUT2D eigenvalue weighted by Gasteiger charge is -2.23. The van der Waals surface area contributed by atoms with Crippen LogP contribution in [0.4, 0.5) is 4.79 Å². The van der Waals surface area contributed by atoms with Crippen molar-refractivity contribution >= 4 is 17.9 Å². The third-order valence-electron chi connectivity index (χ3n) is 2.32. The normalized spacial score (nSPS) is 12.4. The van der Waals surface area contributed by atoms with Crippen molar-refractivity contribution in [2.45, 2.75) is 19.9 Å². The molecule has 0 aromatic carbocycles. The molecule has 0 fully saturated rings. The van der Waals surface area contributed by atoms with E-state index in [0.29, 0.717) is 0 Å². The van der Waals surface area contributed by atoms with Gasteiger partial charge in [-0.3, -0.25) is 4.79 Å². The second-order valence-corrected chi connectivity index (χ2v) is 4.36. The van der Waals surface area contributed by atoms with Crippen LogP contribution in [0.15, 0.2) is 0 Å². The molecule has 3 amide bonds. The number of hydrogen-bond acceptors (Lipinski definition) is 4. The molecular formula is C10H19N3O5. The Bertz CT molecular complexity index is 329. The molecule has 0 bridgehead atoms. The summed E-state index contributed by atoms with van der Waals surface area (Å²) in [5.74, 6) is -1.59. The summed E-state index contributed by atoms with van der Waals surface area (Å²) in [7, 11) is 1.48. The standard InChI is InChI=1S/C10H19N3O5/c1-10(2,8(17)11-3)5-12-9(18)13-6(4-14)7(15)16/h6,14H,4-5H2,1-3H3,(H,11,17)(H,15,16)(H2,12,13,18)/t6-/m1/s1. The summed E-state index contributed by atoms with van der Waals surface area (Å²) in [6.07, 6.45) is 0. The number of carbonyl (C=O) groups is 3. The summed E-state index contributed by atoms with van der Waals surface area (Å²) in [6, 6.07) is -2.12. The number of rotatable bonds is 6. The number of amides is 3. The highest BCUT2D eigenvalue weighted by Gasteiger charge is 2.27. The molecule has 0 radical (unpaired) electrons. The number of carbonyl (C=O) groups excluding carboxylic acids is 2. The Morgan fingerprint density at radius 1 is 1.28 bits per heavy atom. The van der Waals surface area contributed by atoms with Gasteiger partial charge in [-0.15, -0.1) is 0 Å². The molecule has 0 saturated heterocycles. The summed E-state index contributed by atoms with van der Waals surface area (Å²) in [5.41, 5.74) is -0.815. The van der Waals surface area contributed by atoms with E-state index >= 15 is 0 Å². The number of aliphatic hydroxyl groups excluding tert-OH is 1. The van der Waals surface area contributed by atoms with Crippen LogP contribution in [-0.2, 0) is 9.59 Å². The molecule has 0 spiro atoms. The van der Waals surface area contributed by atoms with E-state index in [2.05, 4.69) is 16.0 Å². The minimum absolute atomic E-state index is 0.0380. The van der Waals surface area contributed by atoms with Crippen LogP contribution in [0, 0.1) is 5.41 Å². The largest absolute Gasteiger partial charge is 0.480 e. The van der Waals surface area contributed by atoms with Crippen molar-refractivity contribution in [3.63, 3.8) is 0 Å². The van der Waals surface area contributed by atoms with E-state index in [-0.39, 0.29) is 12.5 Å². The molecule has 0 heterocycles. The van der Waals surface area contributed by atoms with Crippen molar-refractivity contribution in [1.29, 1.82) is 0 Å². The minimum Gasteiger partial charge on any atom is -0.480 e. The Labute approximate surface area is 105 Å². The van der Waals surface area contributed by atoms with E-state index in [1.165, 1.54) is 7.05 Å². The maximum Gasteiger partial charge on any atom is 0.328 e. The third kappa shape index (κ3) is 5.00. The van der Waals surface area contributed by atoms with E-state index in [1.54, 1.807) is 13.8 Å². The lowest BCUT2D eigenvalue weighted by atomic mass is 9.92. The molecule has 0 aliphatic carbocycles. The predicted octanol–water partition coefficient (Wildman–Crippen LogP) is -1.50.